The first-order chi connectivity index (χ1) is 9.54. The van der Waals surface area contributed by atoms with Crippen molar-refractivity contribution in [3.8, 4) is 0 Å². The first-order valence-corrected chi connectivity index (χ1v) is 8.91. The molecule has 0 aliphatic rings. The molecule has 20 heavy (non-hydrogen) atoms. The fraction of sp³-hybridized carbons (Fsp3) is 0.0714. The van der Waals surface area contributed by atoms with Gasteiger partial charge in [0.25, 0.3) is 10.0 Å². The van der Waals surface area contributed by atoms with Crippen molar-refractivity contribution in [2.24, 2.45) is 0 Å². The zero-order chi connectivity index (χ0) is 14.6. The lowest BCUT2D eigenvalue weighted by atomic mass is 10.2. The van der Waals surface area contributed by atoms with Crippen molar-refractivity contribution in [1.82, 2.24) is 0 Å². The molecule has 2 rings (SSSR count). The van der Waals surface area contributed by atoms with Crippen LogP contribution in [0.5, 0.6) is 0 Å². The van der Waals surface area contributed by atoms with Gasteiger partial charge in [0.2, 0.25) is 0 Å². The van der Waals surface area contributed by atoms with Crippen LogP contribution in [0.1, 0.15) is 5.56 Å². The Kier molecular flexibility index (Phi) is 4.80. The van der Waals surface area contributed by atoms with Gasteiger partial charge in [-0.3, -0.25) is 4.72 Å². The minimum atomic E-state index is -3.60. The average Bonchev–Trinajstić information content (AvgIpc) is 2.47. The second kappa shape index (κ2) is 6.39. The molecule has 0 unspecified atom stereocenters. The van der Waals surface area contributed by atoms with E-state index in [1.165, 1.54) is 11.8 Å². The van der Waals surface area contributed by atoms with Gasteiger partial charge in [0.1, 0.15) is 0 Å². The second-order valence-electron chi connectivity index (χ2n) is 3.96. The third kappa shape index (κ3) is 3.39. The van der Waals surface area contributed by atoms with E-state index in [0.29, 0.717) is 9.88 Å². The smallest absolute Gasteiger partial charge is 0.261 e. The molecular weight excluding hydrogens is 310 g/mol. The predicted octanol–water partition coefficient (Wildman–Crippen LogP) is 3.53. The van der Waals surface area contributed by atoms with Crippen LogP contribution in [-0.2, 0) is 10.0 Å². The molecule has 0 aliphatic carbocycles. The number of nitrogens with one attached hydrogen (secondary N) is 1. The van der Waals surface area contributed by atoms with E-state index in [1.807, 2.05) is 18.4 Å². The van der Waals surface area contributed by atoms with E-state index in [-0.39, 0.29) is 4.90 Å². The van der Waals surface area contributed by atoms with Crippen LogP contribution in [-0.4, -0.2) is 18.9 Å². The Balaban J connectivity index is 2.38. The van der Waals surface area contributed by atoms with Gasteiger partial charge in [0, 0.05) is 5.56 Å². The maximum atomic E-state index is 12.3. The highest BCUT2D eigenvalue weighted by Crippen LogP contribution is 2.23. The van der Waals surface area contributed by atoms with Crippen LogP contribution in [0.4, 0.5) is 5.69 Å². The quantitative estimate of drug-likeness (QED) is 0.875. The van der Waals surface area contributed by atoms with E-state index in [1.54, 1.807) is 42.5 Å². The van der Waals surface area contributed by atoms with E-state index < -0.39 is 10.0 Å². The number of hydrogen-bond donors (Lipinski definition) is 1. The van der Waals surface area contributed by atoms with E-state index >= 15 is 0 Å². The summed E-state index contributed by atoms with van der Waals surface area (Å²) in [5, 5.41) is 0. The molecule has 0 fully saturated rings. The number of anilines is 1. The minimum absolute atomic E-state index is 0.227. The number of thiocarbonyl (C=S) groups is 1. The summed E-state index contributed by atoms with van der Waals surface area (Å²) in [5.74, 6) is 0. The molecule has 0 aliphatic heterocycles. The summed E-state index contributed by atoms with van der Waals surface area (Å²) in [6.07, 6.45) is 1.87. The Hall–Kier alpha value is -1.37. The van der Waals surface area contributed by atoms with Gasteiger partial charge in [-0.15, -0.1) is 11.8 Å². The third-order valence-corrected chi connectivity index (χ3v) is 5.32. The SMILES string of the molecule is CSC(=S)c1ccccc1NS(=O)(=O)c1ccccc1. The average molecular weight is 323 g/mol. The molecule has 104 valence electrons. The molecule has 0 atom stereocenters. The van der Waals surface area contributed by atoms with Gasteiger partial charge in [-0.2, -0.15) is 0 Å². The van der Waals surface area contributed by atoms with Crippen molar-refractivity contribution >= 4 is 43.9 Å². The molecule has 2 aromatic carbocycles. The van der Waals surface area contributed by atoms with Crippen molar-refractivity contribution in [2.75, 3.05) is 11.0 Å². The topological polar surface area (TPSA) is 46.2 Å². The molecule has 3 nitrogen and oxygen atoms in total. The van der Waals surface area contributed by atoms with Crippen LogP contribution >= 0.6 is 24.0 Å². The third-order valence-electron chi connectivity index (χ3n) is 2.63. The molecule has 0 aromatic heterocycles. The van der Waals surface area contributed by atoms with E-state index in [2.05, 4.69) is 4.72 Å². The van der Waals surface area contributed by atoms with Crippen molar-refractivity contribution < 1.29 is 8.42 Å². The summed E-state index contributed by atoms with van der Waals surface area (Å²) >= 11 is 6.65. The molecule has 2 aromatic rings. The van der Waals surface area contributed by atoms with Gasteiger partial charge in [0.15, 0.2) is 0 Å². The summed E-state index contributed by atoms with van der Waals surface area (Å²) in [4.78, 5) is 0.227. The monoisotopic (exact) mass is 323 g/mol. The number of hydrogen-bond acceptors (Lipinski definition) is 4. The van der Waals surface area contributed by atoms with Gasteiger partial charge >= 0.3 is 0 Å². The largest absolute Gasteiger partial charge is 0.279 e. The van der Waals surface area contributed by atoms with Crippen molar-refractivity contribution in [3.05, 3.63) is 60.2 Å². The van der Waals surface area contributed by atoms with E-state index in [0.717, 1.165) is 5.56 Å². The zero-order valence-corrected chi connectivity index (χ0v) is 13.2. The molecule has 1 N–H and O–H groups in total. The molecule has 6 heteroatoms. The molecule has 0 saturated carbocycles. The Morgan fingerprint density at radius 3 is 2.30 bits per heavy atom. The molecular formula is C14H13NO2S3. The first kappa shape index (κ1) is 15.0. The van der Waals surface area contributed by atoms with Crippen LogP contribution in [0, 0.1) is 0 Å². The van der Waals surface area contributed by atoms with Crippen LogP contribution < -0.4 is 4.72 Å². The van der Waals surface area contributed by atoms with Crippen LogP contribution in [0.15, 0.2) is 59.5 Å². The Labute approximate surface area is 128 Å². The van der Waals surface area contributed by atoms with Crippen LogP contribution in [0.25, 0.3) is 0 Å². The van der Waals surface area contributed by atoms with Gasteiger partial charge in [0.05, 0.1) is 14.8 Å². The first-order valence-electron chi connectivity index (χ1n) is 5.80. The standard InChI is InChI=1S/C14H13NO2S3/c1-19-14(18)12-9-5-6-10-13(12)15-20(16,17)11-7-3-2-4-8-11/h2-10,15H,1H3. The summed E-state index contributed by atoms with van der Waals surface area (Å²) in [5.41, 5.74) is 1.21. The number of para-hydroxylation sites is 1. The van der Waals surface area contributed by atoms with Gasteiger partial charge < -0.3 is 0 Å². The molecule has 0 radical (unpaired) electrons. The highest BCUT2D eigenvalue weighted by Gasteiger charge is 2.16. The minimum Gasteiger partial charge on any atom is -0.279 e. The lowest BCUT2D eigenvalue weighted by molar-refractivity contribution is 0.601. The van der Waals surface area contributed by atoms with E-state index in [4.69, 9.17) is 12.2 Å². The van der Waals surface area contributed by atoms with Crippen LogP contribution in [0.2, 0.25) is 0 Å². The molecule has 0 heterocycles. The number of thioether (sulfide) groups is 1. The van der Waals surface area contributed by atoms with Gasteiger partial charge in [-0.25, -0.2) is 8.42 Å². The normalized spacial score (nSPS) is 11.1. The van der Waals surface area contributed by atoms with Gasteiger partial charge in [-0.05, 0) is 24.5 Å². The fourth-order valence-electron chi connectivity index (χ4n) is 1.66. The lowest BCUT2D eigenvalue weighted by Crippen LogP contribution is -2.14. The fourth-order valence-corrected chi connectivity index (χ4v) is 3.34. The highest BCUT2D eigenvalue weighted by atomic mass is 32.2. The number of sulfonamides is 1. The Morgan fingerprint density at radius 1 is 1.05 bits per heavy atom. The molecule has 0 saturated heterocycles. The summed E-state index contributed by atoms with van der Waals surface area (Å²) in [6, 6.07) is 15.4. The van der Waals surface area contributed by atoms with Crippen molar-refractivity contribution in [1.29, 1.82) is 0 Å². The van der Waals surface area contributed by atoms with E-state index in [9.17, 15) is 8.42 Å². The molecule has 0 bridgehead atoms. The molecule has 0 amide bonds. The highest BCUT2D eigenvalue weighted by molar-refractivity contribution is 8.23. The summed E-state index contributed by atoms with van der Waals surface area (Å²) in [7, 11) is -3.60. The summed E-state index contributed by atoms with van der Waals surface area (Å²) in [6.45, 7) is 0. The Morgan fingerprint density at radius 2 is 1.65 bits per heavy atom. The number of benzene rings is 2. The Bertz CT molecular complexity index is 712. The summed E-state index contributed by atoms with van der Waals surface area (Å²) < 4.78 is 27.8. The second-order valence-corrected chi connectivity index (χ2v) is 7.12. The van der Waals surface area contributed by atoms with Gasteiger partial charge in [-0.1, -0.05) is 48.6 Å². The molecule has 0 spiro atoms. The maximum absolute atomic E-state index is 12.3. The number of rotatable bonds is 4. The van der Waals surface area contributed by atoms with Crippen molar-refractivity contribution in [2.45, 2.75) is 4.90 Å². The predicted molar refractivity (Wildman–Crippen MR) is 88.9 cm³/mol. The lowest BCUT2D eigenvalue weighted by Gasteiger charge is -2.12. The van der Waals surface area contributed by atoms with Crippen molar-refractivity contribution in [3.63, 3.8) is 0 Å². The maximum Gasteiger partial charge on any atom is 0.261 e. The zero-order valence-electron chi connectivity index (χ0n) is 10.7. The van der Waals surface area contributed by atoms with Crippen LogP contribution in [0.3, 0.4) is 0 Å².